The van der Waals surface area contributed by atoms with Crippen LogP contribution in [0.4, 0.5) is 5.95 Å². The molecule has 3 heterocycles. The molecule has 2 N–H and O–H groups in total. The van der Waals surface area contributed by atoms with Crippen molar-refractivity contribution < 1.29 is 18.4 Å². The van der Waals surface area contributed by atoms with Gasteiger partial charge in [-0.1, -0.05) is 0 Å². The number of carbonyl (C=O) groups is 1. The third-order valence-electron chi connectivity index (χ3n) is 2.71. The predicted molar refractivity (Wildman–Crippen MR) is 73.6 cm³/mol. The summed E-state index contributed by atoms with van der Waals surface area (Å²) in [4.78, 5) is 27.6. The summed E-state index contributed by atoms with van der Waals surface area (Å²) in [5.41, 5.74) is -0.467. The molecule has 0 aliphatic heterocycles. The molecule has 0 unspecified atom stereocenters. The molecule has 0 fully saturated rings. The second-order valence-corrected chi connectivity index (χ2v) is 4.12. The highest BCUT2D eigenvalue weighted by atomic mass is 16.5. The van der Waals surface area contributed by atoms with Crippen LogP contribution in [0.2, 0.25) is 0 Å². The van der Waals surface area contributed by atoms with Crippen LogP contribution in [0.15, 0.2) is 44.4 Å². The van der Waals surface area contributed by atoms with Crippen LogP contribution in [-0.2, 0) is 0 Å². The van der Waals surface area contributed by atoms with Gasteiger partial charge in [0.05, 0.1) is 13.4 Å². The summed E-state index contributed by atoms with van der Waals surface area (Å²) >= 11 is 0. The first-order valence-corrected chi connectivity index (χ1v) is 6.12. The quantitative estimate of drug-likeness (QED) is 0.744. The highest BCUT2D eigenvalue weighted by Crippen LogP contribution is 2.16. The van der Waals surface area contributed by atoms with Crippen molar-refractivity contribution in [2.45, 2.75) is 0 Å². The molecule has 9 heteroatoms. The third-order valence-corrected chi connectivity index (χ3v) is 2.71. The number of aromatic nitrogens is 3. The van der Waals surface area contributed by atoms with Crippen molar-refractivity contribution in [3.8, 4) is 17.3 Å². The molecule has 3 rings (SSSR count). The first kappa shape index (κ1) is 13.6. The summed E-state index contributed by atoms with van der Waals surface area (Å²) in [6, 6.07) is 4.41. The number of nitrogens with one attached hydrogen (secondary N) is 2. The second-order valence-electron chi connectivity index (χ2n) is 4.12. The summed E-state index contributed by atoms with van der Waals surface area (Å²) in [7, 11) is 1.33. The number of hydrogen-bond donors (Lipinski definition) is 2. The topological polar surface area (TPSA) is 123 Å². The van der Waals surface area contributed by atoms with Crippen molar-refractivity contribution in [3.05, 3.63) is 46.7 Å². The van der Waals surface area contributed by atoms with Crippen LogP contribution in [0, 0.1) is 0 Å². The average Bonchev–Trinajstić information content (AvgIpc) is 3.17. The van der Waals surface area contributed by atoms with Crippen LogP contribution in [0.1, 0.15) is 10.6 Å². The SMILES string of the molecule is COc1coc(C(=O)Nc2n[nH]c(-c3ccco3)n2)cc1=O. The lowest BCUT2D eigenvalue weighted by molar-refractivity contribution is 0.0993. The van der Waals surface area contributed by atoms with Gasteiger partial charge in [-0.15, -0.1) is 5.10 Å². The number of nitrogens with zero attached hydrogens (tertiary/aromatic N) is 2. The van der Waals surface area contributed by atoms with Crippen LogP contribution in [0.5, 0.6) is 5.75 Å². The number of amides is 1. The first-order chi connectivity index (χ1) is 10.7. The second kappa shape index (κ2) is 5.56. The standard InChI is InChI=1S/C13H10N4O5/c1-20-10-6-22-9(5-7(10)18)12(19)15-13-14-11(16-17-13)8-3-2-4-21-8/h2-6H,1H3,(H2,14,15,16,17,19). The van der Waals surface area contributed by atoms with Gasteiger partial charge in [-0.25, -0.2) is 0 Å². The van der Waals surface area contributed by atoms with Crippen LogP contribution in [0.25, 0.3) is 11.6 Å². The van der Waals surface area contributed by atoms with Crippen molar-refractivity contribution in [3.63, 3.8) is 0 Å². The number of furan rings is 1. The number of hydrogen-bond acceptors (Lipinski definition) is 7. The van der Waals surface area contributed by atoms with E-state index in [-0.39, 0.29) is 17.5 Å². The molecule has 0 aromatic carbocycles. The van der Waals surface area contributed by atoms with Crippen LogP contribution in [0.3, 0.4) is 0 Å². The summed E-state index contributed by atoms with van der Waals surface area (Å²) in [6.45, 7) is 0. The maximum Gasteiger partial charge on any atom is 0.293 e. The van der Waals surface area contributed by atoms with Gasteiger partial charge in [-0.05, 0) is 12.1 Å². The average molecular weight is 302 g/mol. The monoisotopic (exact) mass is 302 g/mol. The fourth-order valence-electron chi connectivity index (χ4n) is 1.67. The van der Waals surface area contributed by atoms with E-state index in [9.17, 15) is 9.59 Å². The molecule has 0 radical (unpaired) electrons. The molecule has 112 valence electrons. The Labute approximate surface area is 122 Å². The van der Waals surface area contributed by atoms with Gasteiger partial charge >= 0.3 is 0 Å². The van der Waals surface area contributed by atoms with Crippen molar-refractivity contribution in [1.29, 1.82) is 0 Å². The number of aromatic amines is 1. The summed E-state index contributed by atoms with van der Waals surface area (Å²) in [6.07, 6.45) is 2.55. The van der Waals surface area contributed by atoms with E-state index in [1.807, 2.05) is 0 Å². The van der Waals surface area contributed by atoms with E-state index in [0.717, 1.165) is 12.3 Å². The fourth-order valence-corrected chi connectivity index (χ4v) is 1.67. The molecular formula is C13H10N4O5. The number of anilines is 1. The van der Waals surface area contributed by atoms with E-state index >= 15 is 0 Å². The zero-order valence-corrected chi connectivity index (χ0v) is 11.3. The Morgan fingerprint density at radius 2 is 2.27 bits per heavy atom. The molecule has 0 spiro atoms. The maximum absolute atomic E-state index is 12.0. The molecule has 22 heavy (non-hydrogen) atoms. The van der Waals surface area contributed by atoms with Crippen molar-refractivity contribution in [1.82, 2.24) is 15.2 Å². The Balaban J connectivity index is 1.77. The number of ether oxygens (including phenoxy) is 1. The van der Waals surface area contributed by atoms with Crippen LogP contribution in [-0.4, -0.2) is 28.2 Å². The lowest BCUT2D eigenvalue weighted by atomic mass is 10.3. The summed E-state index contributed by atoms with van der Waals surface area (Å²) < 4.78 is 14.9. The van der Waals surface area contributed by atoms with Gasteiger partial charge in [0, 0.05) is 6.07 Å². The molecule has 1 amide bonds. The largest absolute Gasteiger partial charge is 0.490 e. The Hall–Kier alpha value is -3.36. The van der Waals surface area contributed by atoms with Gasteiger partial charge in [-0.2, -0.15) is 4.98 Å². The summed E-state index contributed by atoms with van der Waals surface area (Å²) in [5, 5.41) is 8.83. The molecule has 9 nitrogen and oxygen atoms in total. The predicted octanol–water partition coefficient (Wildman–Crippen LogP) is 1.28. The molecule has 0 saturated heterocycles. The minimum absolute atomic E-state index is 0.00884. The highest BCUT2D eigenvalue weighted by Gasteiger charge is 2.15. The van der Waals surface area contributed by atoms with E-state index in [4.69, 9.17) is 13.6 Å². The molecule has 0 aliphatic rings. The van der Waals surface area contributed by atoms with Gasteiger partial charge in [0.15, 0.2) is 17.3 Å². The first-order valence-electron chi connectivity index (χ1n) is 6.12. The van der Waals surface area contributed by atoms with E-state index < -0.39 is 11.3 Å². The van der Waals surface area contributed by atoms with Crippen LogP contribution >= 0.6 is 0 Å². The van der Waals surface area contributed by atoms with E-state index in [1.54, 1.807) is 12.1 Å². The lowest BCUT2D eigenvalue weighted by Gasteiger charge is -2.01. The Kier molecular flexibility index (Phi) is 3.44. The molecule has 3 aromatic heterocycles. The van der Waals surface area contributed by atoms with E-state index in [0.29, 0.717) is 11.6 Å². The van der Waals surface area contributed by atoms with Crippen molar-refractivity contribution in [2.75, 3.05) is 12.4 Å². The molecule has 0 bridgehead atoms. The van der Waals surface area contributed by atoms with Crippen molar-refractivity contribution in [2.24, 2.45) is 0 Å². The number of carbonyl (C=O) groups excluding carboxylic acids is 1. The Morgan fingerprint density at radius 1 is 1.41 bits per heavy atom. The zero-order valence-electron chi connectivity index (χ0n) is 11.3. The molecule has 0 atom stereocenters. The number of rotatable bonds is 4. The maximum atomic E-state index is 12.0. The minimum atomic E-state index is -0.662. The van der Waals surface area contributed by atoms with Gasteiger partial charge < -0.3 is 13.6 Å². The molecule has 3 aromatic rings. The molecule has 0 aliphatic carbocycles. The Bertz CT molecular complexity index is 849. The molecular weight excluding hydrogens is 292 g/mol. The highest BCUT2D eigenvalue weighted by molar-refractivity contribution is 6.01. The smallest absolute Gasteiger partial charge is 0.293 e. The molecule has 0 saturated carbocycles. The van der Waals surface area contributed by atoms with E-state index in [2.05, 4.69) is 20.5 Å². The minimum Gasteiger partial charge on any atom is -0.490 e. The Morgan fingerprint density at radius 3 is 2.95 bits per heavy atom. The third kappa shape index (κ3) is 2.59. The van der Waals surface area contributed by atoms with Gasteiger partial charge in [0.25, 0.3) is 5.91 Å². The van der Waals surface area contributed by atoms with E-state index in [1.165, 1.54) is 13.4 Å². The van der Waals surface area contributed by atoms with Gasteiger partial charge in [0.2, 0.25) is 17.1 Å². The van der Waals surface area contributed by atoms with Crippen LogP contribution < -0.4 is 15.5 Å². The zero-order chi connectivity index (χ0) is 15.5. The van der Waals surface area contributed by atoms with Crippen molar-refractivity contribution >= 4 is 11.9 Å². The normalized spacial score (nSPS) is 10.4. The fraction of sp³-hybridized carbons (Fsp3) is 0.0769. The van der Waals surface area contributed by atoms with Gasteiger partial charge in [0.1, 0.15) is 6.26 Å². The lowest BCUT2D eigenvalue weighted by Crippen LogP contribution is -2.16. The number of methoxy groups -OCH3 is 1. The number of H-pyrrole nitrogens is 1. The van der Waals surface area contributed by atoms with Gasteiger partial charge in [-0.3, -0.25) is 20.0 Å². The summed E-state index contributed by atoms with van der Waals surface area (Å²) in [5.74, 6) is 0.0183.